The zero-order valence-corrected chi connectivity index (χ0v) is 9.48. The number of piperidine rings is 1. The third-order valence-corrected chi connectivity index (χ3v) is 3.14. The Labute approximate surface area is 86.9 Å². The molecule has 0 radical (unpaired) electrons. The van der Waals surface area contributed by atoms with Gasteiger partial charge in [-0.1, -0.05) is 6.92 Å². The molecule has 1 N–H and O–H groups in total. The molecule has 0 unspecified atom stereocenters. The second-order valence-corrected chi connectivity index (χ2v) is 4.84. The van der Waals surface area contributed by atoms with Crippen molar-refractivity contribution in [3.05, 3.63) is 0 Å². The smallest absolute Gasteiger partial charge is 0.0906 e. The topological polar surface area (TPSA) is 15.3 Å². The zero-order chi connectivity index (χ0) is 10.4. The Bertz CT molecular complexity index is 155. The molecule has 1 saturated heterocycles. The van der Waals surface area contributed by atoms with Crippen LogP contribution in [0.5, 0.6) is 0 Å². The molecule has 0 aromatic carbocycles. The Hall–Kier alpha value is -0.150. The molecule has 0 aromatic heterocycles. The van der Waals surface area contributed by atoms with E-state index in [-0.39, 0.29) is 6.67 Å². The predicted molar refractivity (Wildman–Crippen MR) is 58.3 cm³/mol. The molecule has 3 heteroatoms. The van der Waals surface area contributed by atoms with Gasteiger partial charge in [-0.2, -0.15) is 0 Å². The largest absolute Gasteiger partial charge is 0.317 e. The lowest BCUT2D eigenvalue weighted by molar-refractivity contribution is 0.145. The quantitative estimate of drug-likeness (QED) is 0.729. The zero-order valence-electron chi connectivity index (χ0n) is 9.48. The van der Waals surface area contributed by atoms with Crippen molar-refractivity contribution < 1.29 is 4.39 Å². The van der Waals surface area contributed by atoms with Crippen LogP contribution in [0.4, 0.5) is 4.39 Å². The molecule has 0 aromatic rings. The van der Waals surface area contributed by atoms with Crippen LogP contribution in [0.25, 0.3) is 0 Å². The summed E-state index contributed by atoms with van der Waals surface area (Å²) in [5.41, 5.74) is 0.441. The molecule has 14 heavy (non-hydrogen) atoms. The first kappa shape index (κ1) is 11.9. The van der Waals surface area contributed by atoms with Gasteiger partial charge in [0.2, 0.25) is 0 Å². The van der Waals surface area contributed by atoms with Gasteiger partial charge < -0.3 is 10.2 Å². The van der Waals surface area contributed by atoms with Gasteiger partial charge >= 0.3 is 0 Å². The summed E-state index contributed by atoms with van der Waals surface area (Å²) in [4.78, 5) is 2.27. The first-order valence-corrected chi connectivity index (χ1v) is 5.61. The van der Waals surface area contributed by atoms with Crippen LogP contribution in [0.3, 0.4) is 0 Å². The predicted octanol–water partition coefficient (Wildman–Crippen LogP) is 1.67. The van der Waals surface area contributed by atoms with E-state index in [1.165, 1.54) is 12.8 Å². The van der Waals surface area contributed by atoms with Gasteiger partial charge in [0.15, 0.2) is 0 Å². The molecular weight excluding hydrogens is 179 g/mol. The minimum atomic E-state index is -0.192. The summed E-state index contributed by atoms with van der Waals surface area (Å²) in [6.45, 7) is 6.41. The van der Waals surface area contributed by atoms with Crippen LogP contribution in [-0.4, -0.2) is 44.8 Å². The molecule has 1 aliphatic heterocycles. The number of nitrogens with one attached hydrogen (secondary N) is 1. The summed E-state index contributed by atoms with van der Waals surface area (Å²) >= 11 is 0. The number of hydrogen-bond donors (Lipinski definition) is 1. The van der Waals surface area contributed by atoms with Crippen molar-refractivity contribution in [3.8, 4) is 0 Å². The lowest BCUT2D eigenvalue weighted by atomic mass is 9.80. The van der Waals surface area contributed by atoms with Gasteiger partial charge in [-0.3, -0.25) is 4.39 Å². The first-order chi connectivity index (χ1) is 6.66. The van der Waals surface area contributed by atoms with E-state index < -0.39 is 0 Å². The average Bonchev–Trinajstić information content (AvgIpc) is 2.15. The van der Waals surface area contributed by atoms with Gasteiger partial charge in [0.1, 0.15) is 0 Å². The number of rotatable bonds is 5. The maximum absolute atomic E-state index is 12.0. The fraction of sp³-hybridized carbons (Fsp3) is 1.00. The number of nitrogens with zero attached hydrogens (tertiary/aromatic N) is 1. The molecule has 1 heterocycles. The molecule has 0 amide bonds. The fourth-order valence-electron chi connectivity index (χ4n) is 2.25. The van der Waals surface area contributed by atoms with Gasteiger partial charge in [-0.25, -0.2) is 0 Å². The Morgan fingerprint density at radius 1 is 1.36 bits per heavy atom. The fourth-order valence-corrected chi connectivity index (χ4v) is 2.25. The monoisotopic (exact) mass is 202 g/mol. The first-order valence-electron chi connectivity index (χ1n) is 5.61. The van der Waals surface area contributed by atoms with E-state index in [0.29, 0.717) is 11.8 Å². The number of halogens is 1. The molecule has 0 atom stereocenters. The van der Waals surface area contributed by atoms with Gasteiger partial charge in [-0.15, -0.1) is 0 Å². The van der Waals surface area contributed by atoms with Crippen LogP contribution in [0.2, 0.25) is 0 Å². The van der Waals surface area contributed by atoms with Gasteiger partial charge in [0.05, 0.1) is 6.67 Å². The highest BCUT2D eigenvalue weighted by Crippen LogP contribution is 2.28. The van der Waals surface area contributed by atoms with E-state index in [4.69, 9.17) is 0 Å². The van der Waals surface area contributed by atoms with Crippen LogP contribution in [0.15, 0.2) is 0 Å². The maximum atomic E-state index is 12.0. The third-order valence-electron chi connectivity index (χ3n) is 3.14. The second-order valence-electron chi connectivity index (χ2n) is 4.84. The lowest BCUT2D eigenvalue weighted by Gasteiger charge is -2.37. The van der Waals surface area contributed by atoms with Crippen LogP contribution < -0.4 is 5.32 Å². The van der Waals surface area contributed by atoms with Gasteiger partial charge in [-0.05, 0) is 44.8 Å². The SMILES string of the molecule is CN(CCCF)CC1(C)CCNCC1. The van der Waals surface area contributed by atoms with Crippen LogP contribution in [0, 0.1) is 5.41 Å². The van der Waals surface area contributed by atoms with Crippen LogP contribution in [0.1, 0.15) is 26.2 Å². The van der Waals surface area contributed by atoms with Crippen molar-refractivity contribution in [2.75, 3.05) is 39.9 Å². The Morgan fingerprint density at radius 2 is 2.00 bits per heavy atom. The molecule has 84 valence electrons. The maximum Gasteiger partial charge on any atom is 0.0906 e. The summed E-state index contributed by atoms with van der Waals surface area (Å²) in [6.07, 6.45) is 3.16. The molecule has 1 rings (SSSR count). The third kappa shape index (κ3) is 3.93. The highest BCUT2D eigenvalue weighted by Gasteiger charge is 2.27. The normalized spacial score (nSPS) is 21.4. The summed E-state index contributed by atoms with van der Waals surface area (Å²) in [6, 6.07) is 0. The second kappa shape index (κ2) is 5.66. The van der Waals surface area contributed by atoms with Gasteiger partial charge in [0.25, 0.3) is 0 Å². The molecule has 2 nitrogen and oxygen atoms in total. The molecule has 1 fully saturated rings. The summed E-state index contributed by atoms with van der Waals surface area (Å²) < 4.78 is 12.0. The molecule has 0 saturated carbocycles. The molecule has 0 aliphatic carbocycles. The van der Waals surface area contributed by atoms with Crippen molar-refractivity contribution in [2.45, 2.75) is 26.2 Å². The molecular formula is C11H23FN2. The van der Waals surface area contributed by atoms with Gasteiger partial charge in [0, 0.05) is 13.1 Å². The Balaban J connectivity index is 2.25. The standard InChI is InChI=1S/C11H23FN2/c1-11(4-7-13-8-5-11)10-14(2)9-3-6-12/h13H,3-10H2,1-2H3. The molecule has 0 spiro atoms. The average molecular weight is 202 g/mol. The summed E-state index contributed by atoms with van der Waals surface area (Å²) in [5, 5.41) is 3.38. The minimum Gasteiger partial charge on any atom is -0.317 e. The molecule has 0 bridgehead atoms. The van der Waals surface area contributed by atoms with E-state index in [0.717, 1.165) is 26.2 Å². The van der Waals surface area contributed by atoms with Crippen LogP contribution in [-0.2, 0) is 0 Å². The van der Waals surface area contributed by atoms with Crippen molar-refractivity contribution in [1.82, 2.24) is 10.2 Å². The highest BCUT2D eigenvalue weighted by atomic mass is 19.1. The van der Waals surface area contributed by atoms with Crippen molar-refractivity contribution in [2.24, 2.45) is 5.41 Å². The van der Waals surface area contributed by atoms with Crippen molar-refractivity contribution in [1.29, 1.82) is 0 Å². The number of hydrogen-bond acceptors (Lipinski definition) is 2. The van der Waals surface area contributed by atoms with Crippen molar-refractivity contribution >= 4 is 0 Å². The Kier molecular flexibility index (Phi) is 4.82. The summed E-state index contributed by atoms with van der Waals surface area (Å²) in [5.74, 6) is 0. The van der Waals surface area contributed by atoms with E-state index in [2.05, 4.69) is 24.2 Å². The highest BCUT2D eigenvalue weighted by molar-refractivity contribution is 4.82. The molecule has 1 aliphatic rings. The van der Waals surface area contributed by atoms with E-state index in [9.17, 15) is 4.39 Å². The van der Waals surface area contributed by atoms with E-state index >= 15 is 0 Å². The summed E-state index contributed by atoms with van der Waals surface area (Å²) in [7, 11) is 2.10. The number of alkyl halides is 1. The Morgan fingerprint density at radius 3 is 2.57 bits per heavy atom. The lowest BCUT2D eigenvalue weighted by Crippen LogP contribution is -2.42. The van der Waals surface area contributed by atoms with Crippen molar-refractivity contribution in [3.63, 3.8) is 0 Å². The van der Waals surface area contributed by atoms with Crippen LogP contribution >= 0.6 is 0 Å². The minimum absolute atomic E-state index is 0.192. The van der Waals surface area contributed by atoms with E-state index in [1.54, 1.807) is 0 Å². The van der Waals surface area contributed by atoms with E-state index in [1.807, 2.05) is 0 Å².